The molecule has 0 amide bonds. The minimum absolute atomic E-state index is 0.0296. The lowest BCUT2D eigenvalue weighted by atomic mass is 9.47. The summed E-state index contributed by atoms with van der Waals surface area (Å²) in [5, 5.41) is 10.1. The normalized spacial score (nSPS) is 32.8. The van der Waals surface area contributed by atoms with Crippen molar-refractivity contribution in [2.24, 2.45) is 46.3 Å². The molecule has 0 aromatic heterocycles. The van der Waals surface area contributed by atoms with Crippen LogP contribution < -0.4 is 0 Å². The number of hydrogen-bond donors (Lipinski definition) is 1. The summed E-state index contributed by atoms with van der Waals surface area (Å²) in [6.45, 7) is 14.8. The second kappa shape index (κ2) is 19.5. The van der Waals surface area contributed by atoms with Crippen LogP contribution in [0.5, 0.6) is 0 Å². The molecule has 0 radical (unpaired) electrons. The van der Waals surface area contributed by atoms with Gasteiger partial charge in [0, 0.05) is 12.8 Å². The molecule has 3 heteroatoms. The van der Waals surface area contributed by atoms with E-state index >= 15 is 0 Å². The first-order valence-electron chi connectivity index (χ1n) is 21.3. The highest BCUT2D eigenvalue weighted by molar-refractivity contribution is 5.69. The number of aliphatic hydroxyl groups excluding tert-OH is 1. The zero-order valence-electron chi connectivity index (χ0n) is 32.6. The van der Waals surface area contributed by atoms with Crippen LogP contribution in [0.2, 0.25) is 0 Å². The maximum Gasteiger partial charge on any atom is 0.306 e. The molecule has 3 saturated carbocycles. The van der Waals surface area contributed by atoms with Gasteiger partial charge in [-0.15, -0.1) is 0 Å². The summed E-state index contributed by atoms with van der Waals surface area (Å²) >= 11 is 0. The molecule has 1 unspecified atom stereocenters. The molecule has 4 aliphatic rings. The van der Waals surface area contributed by atoms with Crippen LogP contribution in [0.4, 0.5) is 0 Å². The largest absolute Gasteiger partial charge is 0.462 e. The molecule has 0 heterocycles. The van der Waals surface area contributed by atoms with Crippen molar-refractivity contribution in [1.82, 2.24) is 0 Å². The predicted octanol–water partition coefficient (Wildman–Crippen LogP) is 12.9. The molecular formula is C45H78O3. The smallest absolute Gasteiger partial charge is 0.306 e. The van der Waals surface area contributed by atoms with Crippen LogP contribution in [0, 0.1) is 46.3 Å². The molecule has 0 aliphatic heterocycles. The number of carbonyl (C=O) groups excluding carboxylic acids is 1. The molecule has 276 valence electrons. The summed E-state index contributed by atoms with van der Waals surface area (Å²) in [6, 6.07) is 0. The number of carbonyl (C=O) groups is 1. The quantitative estimate of drug-likeness (QED) is 0.0753. The zero-order valence-corrected chi connectivity index (χ0v) is 32.6. The van der Waals surface area contributed by atoms with Crippen LogP contribution in [0.1, 0.15) is 196 Å². The van der Waals surface area contributed by atoms with Gasteiger partial charge in [-0.25, -0.2) is 0 Å². The first-order chi connectivity index (χ1) is 23.1. The second-order valence-electron chi connectivity index (χ2n) is 18.2. The molecule has 0 bridgehead atoms. The van der Waals surface area contributed by atoms with E-state index in [1.54, 1.807) is 5.57 Å². The Morgan fingerprint density at radius 3 is 2.44 bits per heavy atom. The average molecular weight is 667 g/mol. The minimum atomic E-state index is -0.172. The molecule has 0 aromatic carbocycles. The van der Waals surface area contributed by atoms with Gasteiger partial charge in [-0.3, -0.25) is 4.79 Å². The molecule has 48 heavy (non-hydrogen) atoms. The van der Waals surface area contributed by atoms with E-state index < -0.39 is 0 Å². The van der Waals surface area contributed by atoms with Crippen LogP contribution in [-0.2, 0) is 9.53 Å². The monoisotopic (exact) mass is 667 g/mol. The number of esters is 1. The van der Waals surface area contributed by atoms with Gasteiger partial charge < -0.3 is 9.84 Å². The summed E-state index contributed by atoms with van der Waals surface area (Å²) in [5.41, 5.74) is 2.49. The summed E-state index contributed by atoms with van der Waals surface area (Å²) in [6.07, 6.45) is 35.4. The van der Waals surface area contributed by atoms with Gasteiger partial charge in [-0.05, 0) is 123 Å². The van der Waals surface area contributed by atoms with E-state index in [2.05, 4.69) is 59.8 Å². The maximum atomic E-state index is 12.8. The molecular weight excluding hydrogens is 588 g/mol. The fourth-order valence-electron chi connectivity index (χ4n) is 11.4. The Morgan fingerprint density at radius 2 is 1.65 bits per heavy atom. The third-order valence-electron chi connectivity index (χ3n) is 14.3. The van der Waals surface area contributed by atoms with E-state index in [9.17, 15) is 9.90 Å². The number of fused-ring (bicyclic) bond motifs is 5. The number of hydrogen-bond acceptors (Lipinski definition) is 3. The number of ether oxygens (including phenoxy) is 1. The lowest BCUT2D eigenvalue weighted by molar-refractivity contribution is -0.151. The summed E-state index contributed by atoms with van der Waals surface area (Å²) < 4.78 is 6.11. The van der Waals surface area contributed by atoms with Crippen LogP contribution in [0.15, 0.2) is 23.8 Å². The third-order valence-corrected chi connectivity index (χ3v) is 14.3. The topological polar surface area (TPSA) is 46.5 Å². The summed E-state index contributed by atoms with van der Waals surface area (Å²) in [7, 11) is 0. The van der Waals surface area contributed by atoms with Crippen molar-refractivity contribution < 1.29 is 14.6 Å². The van der Waals surface area contributed by atoms with E-state index in [0.717, 1.165) is 86.9 Å². The third kappa shape index (κ3) is 10.7. The fourth-order valence-corrected chi connectivity index (χ4v) is 11.4. The van der Waals surface area contributed by atoms with E-state index in [4.69, 9.17) is 4.74 Å². The predicted molar refractivity (Wildman–Crippen MR) is 204 cm³/mol. The molecule has 3 fully saturated rings. The Balaban J connectivity index is 1.12. The number of unbranched alkanes of at least 4 members (excludes halogenated alkanes) is 8. The first-order valence-corrected chi connectivity index (χ1v) is 21.3. The number of rotatable bonds is 21. The Bertz CT molecular complexity index is 1010. The maximum absolute atomic E-state index is 12.8. The van der Waals surface area contributed by atoms with Crippen LogP contribution >= 0.6 is 0 Å². The molecule has 4 aliphatic carbocycles. The van der Waals surface area contributed by atoms with E-state index in [0.29, 0.717) is 17.3 Å². The van der Waals surface area contributed by atoms with Gasteiger partial charge in [0.15, 0.2) is 0 Å². The van der Waals surface area contributed by atoms with Gasteiger partial charge >= 0.3 is 5.97 Å². The van der Waals surface area contributed by atoms with Crippen LogP contribution in [0.3, 0.4) is 0 Å². The van der Waals surface area contributed by atoms with Crippen molar-refractivity contribution in [2.45, 2.75) is 208 Å². The van der Waals surface area contributed by atoms with E-state index in [1.807, 2.05) is 0 Å². The lowest BCUT2D eigenvalue weighted by Gasteiger charge is -2.58. The summed E-state index contributed by atoms with van der Waals surface area (Å²) in [5.74, 6) is 5.23. The molecule has 3 nitrogen and oxygen atoms in total. The Kier molecular flexibility index (Phi) is 16.1. The molecule has 0 aromatic rings. The van der Waals surface area contributed by atoms with Gasteiger partial charge in [0.05, 0.1) is 6.10 Å². The zero-order chi connectivity index (χ0) is 34.6. The van der Waals surface area contributed by atoms with E-state index in [-0.39, 0.29) is 18.2 Å². The number of allylic oxidation sites excluding steroid dienone is 2. The van der Waals surface area contributed by atoms with Gasteiger partial charge in [0.2, 0.25) is 0 Å². The highest BCUT2D eigenvalue weighted by Crippen LogP contribution is 2.67. The van der Waals surface area contributed by atoms with E-state index in [1.165, 1.54) is 96.3 Å². The number of aliphatic hydroxyl groups is 1. The Hall–Kier alpha value is -1.09. The standard InChI is InChI=1S/C45H78O3/c1-7-8-9-16-22-37(46)23-17-14-12-10-11-13-15-18-24-43(47)48-38-29-31-44(5)36(33-38)25-26-39-41-28-27-40(35(4)21-19-20-34(2)3)45(41,6)32-30-42(39)44/h14,17,25,34-35,37-42,46H,7-13,15-16,18-24,26-33H2,1-6H3/b17-14-/t35-,37?,38+,39+,40-,41+,42+,44+,45-/m1/s1. The Morgan fingerprint density at radius 1 is 0.875 bits per heavy atom. The SMILES string of the molecule is CCCCCCC(O)C/C=C\CCCCCCCC(=O)O[C@H]1CC[C@@]2(C)C(=CC[C@H]3[C@@H]4CC[C@H]([C@H](C)CCCC(C)C)[C@@]4(C)CC[C@@H]32)C1. The molecule has 1 N–H and O–H groups in total. The summed E-state index contributed by atoms with van der Waals surface area (Å²) in [4.78, 5) is 12.8. The van der Waals surface area contributed by atoms with Crippen molar-refractivity contribution in [3.05, 3.63) is 23.8 Å². The highest BCUT2D eigenvalue weighted by Gasteiger charge is 2.59. The van der Waals surface area contributed by atoms with Gasteiger partial charge in [-0.1, -0.05) is 130 Å². The molecule has 9 atom stereocenters. The van der Waals surface area contributed by atoms with Crippen molar-refractivity contribution in [1.29, 1.82) is 0 Å². The van der Waals surface area contributed by atoms with Crippen molar-refractivity contribution in [2.75, 3.05) is 0 Å². The van der Waals surface area contributed by atoms with Gasteiger partial charge in [0.1, 0.15) is 6.10 Å². The van der Waals surface area contributed by atoms with Gasteiger partial charge in [-0.2, -0.15) is 0 Å². The molecule has 0 saturated heterocycles. The van der Waals surface area contributed by atoms with Gasteiger partial charge in [0.25, 0.3) is 0 Å². The fraction of sp³-hybridized carbons (Fsp3) is 0.889. The van der Waals surface area contributed by atoms with Crippen molar-refractivity contribution >= 4 is 5.97 Å². The average Bonchev–Trinajstić information content (AvgIpc) is 3.41. The van der Waals surface area contributed by atoms with Crippen LogP contribution in [0.25, 0.3) is 0 Å². The first kappa shape index (κ1) is 39.7. The molecule has 4 rings (SSSR count). The lowest BCUT2D eigenvalue weighted by Crippen LogP contribution is -2.51. The second-order valence-corrected chi connectivity index (χ2v) is 18.2. The molecule has 0 spiro atoms. The van der Waals surface area contributed by atoms with Crippen LogP contribution in [-0.4, -0.2) is 23.3 Å². The highest BCUT2D eigenvalue weighted by atomic mass is 16.5. The minimum Gasteiger partial charge on any atom is -0.462 e. The van der Waals surface area contributed by atoms with Crippen molar-refractivity contribution in [3.63, 3.8) is 0 Å². The Labute approximate surface area is 297 Å². The van der Waals surface area contributed by atoms with Crippen molar-refractivity contribution in [3.8, 4) is 0 Å².